The summed E-state index contributed by atoms with van der Waals surface area (Å²) in [5.41, 5.74) is 0.718. The van der Waals surface area contributed by atoms with Crippen molar-refractivity contribution in [3.8, 4) is 0 Å². The summed E-state index contributed by atoms with van der Waals surface area (Å²) >= 11 is 0. The molecule has 0 spiro atoms. The molecule has 1 aromatic carbocycles. The molecular formula is C14H22N2O4S. The van der Waals surface area contributed by atoms with Crippen LogP contribution in [0.1, 0.15) is 0 Å². The summed E-state index contributed by atoms with van der Waals surface area (Å²) < 4.78 is 36.9. The van der Waals surface area contributed by atoms with Gasteiger partial charge in [0.15, 0.2) is 0 Å². The first kappa shape index (κ1) is 16.2. The minimum atomic E-state index is -3.47. The van der Waals surface area contributed by atoms with Crippen molar-refractivity contribution in [3.63, 3.8) is 0 Å². The standard InChI is InChI=1S/C14H22N2O4S/c1-15(2)21(17,18)14-7-5-4-6-13(14)16-8-9-20-12(10-16)11-19-3/h4-7,12H,8-11H2,1-3H3. The lowest BCUT2D eigenvalue weighted by Gasteiger charge is -2.35. The van der Waals surface area contributed by atoms with Crippen LogP contribution in [0.5, 0.6) is 0 Å². The van der Waals surface area contributed by atoms with Crippen molar-refractivity contribution in [1.82, 2.24) is 4.31 Å². The maximum Gasteiger partial charge on any atom is 0.244 e. The molecule has 21 heavy (non-hydrogen) atoms. The number of morpholine rings is 1. The molecule has 1 heterocycles. The van der Waals surface area contributed by atoms with Gasteiger partial charge in [-0.15, -0.1) is 0 Å². The maximum atomic E-state index is 12.4. The van der Waals surface area contributed by atoms with Crippen LogP contribution in [0.3, 0.4) is 0 Å². The summed E-state index contributed by atoms with van der Waals surface area (Å²) in [5.74, 6) is 0. The Bertz CT molecular complexity index is 572. The number of anilines is 1. The topological polar surface area (TPSA) is 59.1 Å². The lowest BCUT2D eigenvalue weighted by atomic mass is 10.2. The summed E-state index contributed by atoms with van der Waals surface area (Å²) in [6.45, 7) is 2.34. The molecule has 2 rings (SSSR count). The quantitative estimate of drug-likeness (QED) is 0.804. The normalized spacial score (nSPS) is 20.0. The molecule has 1 aromatic rings. The Labute approximate surface area is 126 Å². The Morgan fingerprint density at radius 3 is 2.76 bits per heavy atom. The maximum absolute atomic E-state index is 12.4. The fourth-order valence-corrected chi connectivity index (χ4v) is 3.46. The van der Waals surface area contributed by atoms with Gasteiger partial charge >= 0.3 is 0 Å². The highest BCUT2D eigenvalue weighted by molar-refractivity contribution is 7.89. The summed E-state index contributed by atoms with van der Waals surface area (Å²) in [7, 11) is 1.25. The van der Waals surface area contributed by atoms with Gasteiger partial charge in [-0.25, -0.2) is 12.7 Å². The average molecular weight is 314 g/mol. The molecule has 7 heteroatoms. The van der Waals surface area contributed by atoms with E-state index in [1.807, 2.05) is 17.0 Å². The number of ether oxygens (including phenoxy) is 2. The number of hydrogen-bond donors (Lipinski definition) is 0. The van der Waals surface area contributed by atoms with Crippen molar-refractivity contribution < 1.29 is 17.9 Å². The van der Waals surface area contributed by atoms with E-state index in [9.17, 15) is 8.42 Å². The third-order valence-electron chi connectivity index (χ3n) is 3.46. The van der Waals surface area contributed by atoms with E-state index in [2.05, 4.69) is 0 Å². The molecule has 0 saturated carbocycles. The molecule has 0 aliphatic carbocycles. The van der Waals surface area contributed by atoms with Gasteiger partial charge in [0.1, 0.15) is 4.90 Å². The lowest BCUT2D eigenvalue weighted by Crippen LogP contribution is -2.45. The second kappa shape index (κ2) is 6.74. The van der Waals surface area contributed by atoms with Crippen molar-refractivity contribution in [2.45, 2.75) is 11.0 Å². The molecule has 1 aliphatic heterocycles. The molecule has 0 aromatic heterocycles. The highest BCUT2D eigenvalue weighted by atomic mass is 32.2. The highest BCUT2D eigenvalue weighted by Gasteiger charge is 2.27. The summed E-state index contributed by atoms with van der Waals surface area (Å²) in [5, 5.41) is 0. The average Bonchev–Trinajstić information content (AvgIpc) is 2.48. The molecule has 1 saturated heterocycles. The van der Waals surface area contributed by atoms with Gasteiger partial charge in [-0.2, -0.15) is 0 Å². The van der Waals surface area contributed by atoms with Crippen molar-refractivity contribution in [1.29, 1.82) is 0 Å². The summed E-state index contributed by atoms with van der Waals surface area (Å²) in [6, 6.07) is 7.08. The Hall–Kier alpha value is -1.15. The zero-order chi connectivity index (χ0) is 15.5. The number of nitrogens with zero attached hydrogens (tertiary/aromatic N) is 2. The van der Waals surface area contributed by atoms with Gasteiger partial charge < -0.3 is 14.4 Å². The molecule has 1 unspecified atom stereocenters. The second-order valence-corrected chi connectivity index (χ2v) is 7.27. The van der Waals surface area contributed by atoms with Gasteiger partial charge in [-0.1, -0.05) is 12.1 Å². The van der Waals surface area contributed by atoms with E-state index in [4.69, 9.17) is 9.47 Å². The lowest BCUT2D eigenvalue weighted by molar-refractivity contribution is -0.0101. The molecule has 0 N–H and O–H groups in total. The van der Waals surface area contributed by atoms with Crippen LogP contribution in [-0.2, 0) is 19.5 Å². The Morgan fingerprint density at radius 1 is 1.38 bits per heavy atom. The minimum Gasteiger partial charge on any atom is -0.382 e. The van der Waals surface area contributed by atoms with Gasteiger partial charge in [0.05, 0.1) is 25.0 Å². The number of hydrogen-bond acceptors (Lipinski definition) is 5. The first-order valence-corrected chi connectivity index (χ1v) is 8.28. The van der Waals surface area contributed by atoms with Crippen molar-refractivity contribution >= 4 is 15.7 Å². The van der Waals surface area contributed by atoms with Crippen LogP contribution in [0.2, 0.25) is 0 Å². The predicted octanol–water partition coefficient (Wildman–Crippen LogP) is 0.788. The van der Waals surface area contributed by atoms with Crippen molar-refractivity contribution in [3.05, 3.63) is 24.3 Å². The first-order valence-electron chi connectivity index (χ1n) is 6.84. The number of sulfonamides is 1. The van der Waals surface area contributed by atoms with Crippen LogP contribution in [0.25, 0.3) is 0 Å². The zero-order valence-corrected chi connectivity index (χ0v) is 13.5. The fourth-order valence-electron chi connectivity index (χ4n) is 2.36. The van der Waals surface area contributed by atoms with E-state index >= 15 is 0 Å². The zero-order valence-electron chi connectivity index (χ0n) is 12.7. The Kier molecular flexibility index (Phi) is 5.21. The third-order valence-corrected chi connectivity index (χ3v) is 5.32. The van der Waals surface area contributed by atoms with E-state index in [0.717, 1.165) is 5.69 Å². The highest BCUT2D eigenvalue weighted by Crippen LogP contribution is 2.28. The van der Waals surface area contributed by atoms with Gasteiger partial charge in [0, 0.05) is 34.3 Å². The van der Waals surface area contributed by atoms with Crippen LogP contribution in [-0.4, -0.2) is 66.3 Å². The third kappa shape index (κ3) is 3.55. The van der Waals surface area contributed by atoms with Gasteiger partial charge in [-0.05, 0) is 12.1 Å². The van der Waals surface area contributed by atoms with Gasteiger partial charge in [0.25, 0.3) is 0 Å². The summed E-state index contributed by atoms with van der Waals surface area (Å²) in [4.78, 5) is 2.37. The van der Waals surface area contributed by atoms with E-state index in [1.54, 1.807) is 33.3 Å². The van der Waals surface area contributed by atoms with Crippen molar-refractivity contribution in [2.24, 2.45) is 0 Å². The molecule has 1 atom stereocenters. The Balaban J connectivity index is 2.32. The van der Waals surface area contributed by atoms with Crippen LogP contribution in [0, 0.1) is 0 Å². The Morgan fingerprint density at radius 2 is 2.10 bits per heavy atom. The first-order chi connectivity index (χ1) is 9.96. The van der Waals surface area contributed by atoms with Gasteiger partial charge in [0.2, 0.25) is 10.0 Å². The van der Waals surface area contributed by atoms with E-state index in [-0.39, 0.29) is 6.10 Å². The molecule has 0 bridgehead atoms. The van der Waals surface area contributed by atoms with E-state index in [1.165, 1.54) is 4.31 Å². The van der Waals surface area contributed by atoms with Crippen LogP contribution in [0.4, 0.5) is 5.69 Å². The van der Waals surface area contributed by atoms with Crippen LogP contribution in [0.15, 0.2) is 29.2 Å². The van der Waals surface area contributed by atoms with E-state index < -0.39 is 10.0 Å². The molecule has 1 aliphatic rings. The SMILES string of the molecule is COCC1CN(c2ccccc2S(=O)(=O)N(C)C)CCO1. The fraction of sp³-hybridized carbons (Fsp3) is 0.571. The summed E-state index contributed by atoms with van der Waals surface area (Å²) in [6.07, 6.45) is -0.0427. The molecule has 118 valence electrons. The van der Waals surface area contributed by atoms with Crippen LogP contribution >= 0.6 is 0 Å². The van der Waals surface area contributed by atoms with Crippen molar-refractivity contribution in [2.75, 3.05) is 52.4 Å². The van der Waals surface area contributed by atoms with Crippen LogP contribution < -0.4 is 4.90 Å². The number of para-hydroxylation sites is 1. The van der Waals surface area contributed by atoms with Gasteiger partial charge in [-0.3, -0.25) is 0 Å². The number of methoxy groups -OCH3 is 1. The smallest absolute Gasteiger partial charge is 0.244 e. The largest absolute Gasteiger partial charge is 0.382 e. The molecule has 1 fully saturated rings. The monoisotopic (exact) mass is 314 g/mol. The second-order valence-electron chi connectivity index (χ2n) is 5.15. The minimum absolute atomic E-state index is 0.0427. The molecule has 0 radical (unpaired) electrons. The molecule has 0 amide bonds. The molecular weight excluding hydrogens is 292 g/mol. The number of rotatable bonds is 5. The van der Waals surface area contributed by atoms with E-state index in [0.29, 0.717) is 31.2 Å². The predicted molar refractivity (Wildman–Crippen MR) is 81.1 cm³/mol. The number of benzene rings is 1. The molecule has 6 nitrogen and oxygen atoms in total.